The number of halogens is 1. The van der Waals surface area contributed by atoms with E-state index in [1.165, 1.54) is 0 Å². The maximum absolute atomic E-state index is 5.94. The molecule has 0 fully saturated rings. The van der Waals surface area contributed by atoms with Gasteiger partial charge in [-0.1, -0.05) is 6.92 Å². The number of nitrogens with zero attached hydrogens (tertiary/aromatic N) is 3. The Kier molecular flexibility index (Phi) is 3.61. The number of anilines is 1. The number of hydrogen-bond acceptors (Lipinski definition) is 4. The molecule has 0 saturated heterocycles. The van der Waals surface area contributed by atoms with Crippen LogP contribution in [0, 0.1) is 0 Å². The van der Waals surface area contributed by atoms with Crippen LogP contribution in [0.15, 0.2) is 11.4 Å². The van der Waals surface area contributed by atoms with Gasteiger partial charge in [-0.2, -0.15) is 4.98 Å². The molecule has 86 valence electrons. The van der Waals surface area contributed by atoms with E-state index >= 15 is 0 Å². The second-order valence-corrected chi connectivity index (χ2v) is 4.77. The van der Waals surface area contributed by atoms with Gasteiger partial charge in [-0.05, 0) is 36.4 Å². The normalized spacial score (nSPS) is 10.9. The molecule has 3 nitrogen and oxygen atoms in total. The summed E-state index contributed by atoms with van der Waals surface area (Å²) in [5, 5.41) is 3.46. The van der Waals surface area contributed by atoms with E-state index in [4.69, 9.17) is 11.6 Å². The first-order chi connectivity index (χ1) is 7.76. The van der Waals surface area contributed by atoms with Crippen LogP contribution in [-0.4, -0.2) is 23.1 Å². The second kappa shape index (κ2) is 4.97. The molecule has 2 aromatic heterocycles. The van der Waals surface area contributed by atoms with Crippen LogP contribution in [0.2, 0.25) is 5.28 Å². The van der Waals surface area contributed by atoms with Gasteiger partial charge in [-0.15, -0.1) is 11.3 Å². The summed E-state index contributed by atoms with van der Waals surface area (Å²) >= 11 is 7.54. The Labute approximate surface area is 104 Å². The van der Waals surface area contributed by atoms with E-state index < -0.39 is 0 Å². The van der Waals surface area contributed by atoms with Crippen LogP contribution in [0.5, 0.6) is 0 Å². The van der Waals surface area contributed by atoms with E-state index in [-0.39, 0.29) is 0 Å². The zero-order valence-corrected chi connectivity index (χ0v) is 11.0. The lowest BCUT2D eigenvalue weighted by Crippen LogP contribution is -2.24. The maximum Gasteiger partial charge on any atom is 0.225 e. The second-order valence-electron chi connectivity index (χ2n) is 3.54. The van der Waals surface area contributed by atoms with Crippen LogP contribution in [0.1, 0.15) is 20.3 Å². The highest BCUT2D eigenvalue weighted by atomic mass is 35.5. The van der Waals surface area contributed by atoms with Crippen molar-refractivity contribution >= 4 is 39.0 Å². The molecular formula is C11H14ClN3S. The van der Waals surface area contributed by atoms with Gasteiger partial charge in [0.1, 0.15) is 10.6 Å². The molecule has 0 aliphatic rings. The van der Waals surface area contributed by atoms with Gasteiger partial charge >= 0.3 is 0 Å². The third-order valence-electron chi connectivity index (χ3n) is 2.45. The molecule has 16 heavy (non-hydrogen) atoms. The summed E-state index contributed by atoms with van der Waals surface area (Å²) in [7, 11) is 0. The summed E-state index contributed by atoms with van der Waals surface area (Å²) in [6.45, 7) is 6.22. The van der Waals surface area contributed by atoms with Crippen LogP contribution in [0.25, 0.3) is 10.2 Å². The number of aromatic nitrogens is 2. The van der Waals surface area contributed by atoms with Crippen molar-refractivity contribution in [2.24, 2.45) is 0 Å². The average molecular weight is 256 g/mol. The zero-order chi connectivity index (χ0) is 11.5. The highest BCUT2D eigenvalue weighted by molar-refractivity contribution is 7.16. The molecule has 0 atom stereocenters. The molecule has 0 radical (unpaired) electrons. The van der Waals surface area contributed by atoms with Crippen LogP contribution < -0.4 is 4.90 Å². The van der Waals surface area contributed by atoms with Crippen molar-refractivity contribution in [1.82, 2.24) is 9.97 Å². The average Bonchev–Trinajstić information content (AvgIpc) is 2.72. The summed E-state index contributed by atoms with van der Waals surface area (Å²) in [6, 6.07) is 2.06. The Morgan fingerprint density at radius 3 is 2.88 bits per heavy atom. The first-order valence-corrected chi connectivity index (χ1v) is 6.67. The summed E-state index contributed by atoms with van der Waals surface area (Å²) in [5.74, 6) is 0.959. The predicted octanol–water partition coefficient (Wildman–Crippen LogP) is 3.58. The number of rotatable bonds is 4. The Balaban J connectivity index is 2.52. The van der Waals surface area contributed by atoms with Crippen molar-refractivity contribution in [3.05, 3.63) is 16.7 Å². The van der Waals surface area contributed by atoms with E-state index in [2.05, 4.69) is 34.8 Å². The molecule has 0 spiro atoms. The zero-order valence-electron chi connectivity index (χ0n) is 9.40. The first-order valence-electron chi connectivity index (χ1n) is 5.42. The topological polar surface area (TPSA) is 29.0 Å². The standard InChI is InChI=1S/C11H14ClN3S/c1-3-6-15(4-2)9-8-5-7-16-10(8)14-11(12)13-9/h5,7H,3-4,6H2,1-2H3. The fourth-order valence-electron chi connectivity index (χ4n) is 1.74. The fraction of sp³-hybridized carbons (Fsp3) is 0.455. The van der Waals surface area contributed by atoms with Gasteiger partial charge in [0, 0.05) is 13.1 Å². The molecular weight excluding hydrogens is 242 g/mol. The molecule has 0 aromatic carbocycles. The molecule has 5 heteroatoms. The highest BCUT2D eigenvalue weighted by Gasteiger charge is 2.12. The minimum absolute atomic E-state index is 0.333. The number of fused-ring (bicyclic) bond motifs is 1. The van der Waals surface area contributed by atoms with Crippen molar-refractivity contribution in [3.63, 3.8) is 0 Å². The van der Waals surface area contributed by atoms with Crippen LogP contribution in [0.4, 0.5) is 5.82 Å². The van der Waals surface area contributed by atoms with Gasteiger partial charge in [0.05, 0.1) is 5.39 Å². The van der Waals surface area contributed by atoms with Gasteiger partial charge in [-0.3, -0.25) is 0 Å². The number of hydrogen-bond donors (Lipinski definition) is 0. The summed E-state index contributed by atoms with van der Waals surface area (Å²) in [6.07, 6.45) is 1.10. The fourth-order valence-corrected chi connectivity index (χ4v) is 2.71. The van der Waals surface area contributed by atoms with Crippen molar-refractivity contribution < 1.29 is 0 Å². The van der Waals surface area contributed by atoms with Crippen LogP contribution in [-0.2, 0) is 0 Å². The minimum Gasteiger partial charge on any atom is -0.356 e. The van der Waals surface area contributed by atoms with E-state index in [1.54, 1.807) is 11.3 Å². The van der Waals surface area contributed by atoms with Crippen molar-refractivity contribution in [2.75, 3.05) is 18.0 Å². The van der Waals surface area contributed by atoms with Crippen molar-refractivity contribution in [1.29, 1.82) is 0 Å². The summed E-state index contributed by atoms with van der Waals surface area (Å²) in [4.78, 5) is 11.8. The third-order valence-corrected chi connectivity index (χ3v) is 3.43. The molecule has 0 N–H and O–H groups in total. The lowest BCUT2D eigenvalue weighted by atomic mass is 10.3. The quantitative estimate of drug-likeness (QED) is 0.782. The van der Waals surface area contributed by atoms with E-state index in [9.17, 15) is 0 Å². The monoisotopic (exact) mass is 255 g/mol. The molecule has 0 bridgehead atoms. The predicted molar refractivity (Wildman–Crippen MR) is 70.6 cm³/mol. The lowest BCUT2D eigenvalue weighted by Gasteiger charge is -2.21. The van der Waals surface area contributed by atoms with Gasteiger partial charge in [0.25, 0.3) is 0 Å². The Morgan fingerprint density at radius 1 is 1.38 bits per heavy atom. The van der Waals surface area contributed by atoms with Crippen LogP contribution >= 0.6 is 22.9 Å². The van der Waals surface area contributed by atoms with Crippen molar-refractivity contribution in [2.45, 2.75) is 20.3 Å². The molecule has 2 heterocycles. The smallest absolute Gasteiger partial charge is 0.225 e. The molecule has 2 rings (SSSR count). The number of thiophene rings is 1. The summed E-state index contributed by atoms with van der Waals surface area (Å²) in [5.41, 5.74) is 0. The SMILES string of the molecule is CCCN(CC)c1nc(Cl)nc2sccc12. The molecule has 0 aliphatic carbocycles. The Morgan fingerprint density at radius 2 is 2.19 bits per heavy atom. The maximum atomic E-state index is 5.94. The minimum atomic E-state index is 0.333. The highest BCUT2D eigenvalue weighted by Crippen LogP contribution is 2.28. The first kappa shape index (κ1) is 11.6. The van der Waals surface area contributed by atoms with E-state index in [0.717, 1.165) is 35.5 Å². The molecule has 0 unspecified atom stereocenters. The molecule has 0 amide bonds. The molecule has 0 aliphatic heterocycles. The largest absolute Gasteiger partial charge is 0.356 e. The lowest BCUT2D eigenvalue weighted by molar-refractivity contribution is 0.781. The van der Waals surface area contributed by atoms with Crippen LogP contribution in [0.3, 0.4) is 0 Å². The molecule has 0 saturated carbocycles. The van der Waals surface area contributed by atoms with Gasteiger partial charge in [-0.25, -0.2) is 4.98 Å². The van der Waals surface area contributed by atoms with Gasteiger partial charge in [0.2, 0.25) is 5.28 Å². The Hall–Kier alpha value is -0.870. The third kappa shape index (κ3) is 2.13. The van der Waals surface area contributed by atoms with E-state index in [0.29, 0.717) is 5.28 Å². The van der Waals surface area contributed by atoms with Crippen molar-refractivity contribution in [3.8, 4) is 0 Å². The van der Waals surface area contributed by atoms with Gasteiger partial charge in [0.15, 0.2) is 0 Å². The van der Waals surface area contributed by atoms with E-state index in [1.807, 2.05) is 5.38 Å². The summed E-state index contributed by atoms with van der Waals surface area (Å²) < 4.78 is 0. The van der Waals surface area contributed by atoms with Gasteiger partial charge < -0.3 is 4.90 Å². The Bertz CT molecular complexity index is 483. The molecule has 2 aromatic rings.